The number of piperidine rings is 1. The Kier molecular flexibility index (Phi) is 7.88. The highest BCUT2D eigenvalue weighted by atomic mass is 19.3. The number of carbonyl (C=O) groups excluding carboxylic acids is 1. The number of carbonyl (C=O) groups is 1. The summed E-state index contributed by atoms with van der Waals surface area (Å²) in [7, 11) is 1.46. The van der Waals surface area contributed by atoms with Crippen molar-refractivity contribution in [3.05, 3.63) is 24.0 Å². The number of para-hydroxylation sites is 1. The molecule has 1 amide bonds. The molecule has 0 spiro atoms. The van der Waals surface area contributed by atoms with Crippen LogP contribution < -0.4 is 15.0 Å². The van der Waals surface area contributed by atoms with Gasteiger partial charge in [-0.1, -0.05) is 6.07 Å². The zero-order valence-corrected chi connectivity index (χ0v) is 23.1. The predicted molar refractivity (Wildman–Crippen MR) is 143 cm³/mol. The molecule has 5 rings (SSSR count). The van der Waals surface area contributed by atoms with E-state index in [2.05, 4.69) is 25.3 Å². The van der Waals surface area contributed by atoms with E-state index in [4.69, 9.17) is 14.2 Å². The number of methoxy groups -OCH3 is 1. The average Bonchev–Trinajstić information content (AvgIpc) is 3.33. The Morgan fingerprint density at radius 2 is 1.75 bits per heavy atom. The average molecular weight is 561 g/mol. The monoisotopic (exact) mass is 560 g/mol. The molecule has 0 atom stereocenters. The maximum absolute atomic E-state index is 14.2. The number of amides is 1. The van der Waals surface area contributed by atoms with Gasteiger partial charge >= 0.3 is 6.09 Å². The van der Waals surface area contributed by atoms with E-state index in [9.17, 15) is 13.6 Å². The van der Waals surface area contributed by atoms with Crippen LogP contribution in [0.5, 0.6) is 5.75 Å². The van der Waals surface area contributed by atoms with E-state index in [0.29, 0.717) is 69.4 Å². The fourth-order valence-corrected chi connectivity index (χ4v) is 4.75. The van der Waals surface area contributed by atoms with Gasteiger partial charge in [0.1, 0.15) is 16.9 Å². The highest BCUT2D eigenvalue weighted by Crippen LogP contribution is 2.32. The van der Waals surface area contributed by atoms with Crippen LogP contribution in [0.25, 0.3) is 17.0 Å². The Morgan fingerprint density at radius 1 is 1.05 bits per heavy atom. The molecule has 0 bridgehead atoms. The van der Waals surface area contributed by atoms with Crippen LogP contribution in [-0.4, -0.2) is 93.6 Å². The van der Waals surface area contributed by atoms with Gasteiger partial charge in [0.25, 0.3) is 6.43 Å². The molecular formula is C26H34F2N8O4. The van der Waals surface area contributed by atoms with E-state index < -0.39 is 17.9 Å². The Morgan fingerprint density at radius 3 is 2.40 bits per heavy atom. The number of nitrogens with one attached hydrogen (secondary N) is 1. The SMILES string of the molecule is COc1cccc2c1nc(C(F)F)n2-c1nc(NC2CCN(C(=O)OC(C)(C)C)CC2)nc(N2CCOCC2)n1. The first-order chi connectivity index (χ1) is 19.1. The normalized spacial score (nSPS) is 17.0. The Labute approximate surface area is 230 Å². The number of ether oxygens (including phenoxy) is 3. The number of likely N-dealkylation sites (tertiary alicyclic amines) is 1. The summed E-state index contributed by atoms with van der Waals surface area (Å²) in [5, 5.41) is 3.34. The molecule has 0 radical (unpaired) electrons. The van der Waals surface area contributed by atoms with Gasteiger partial charge in [0.05, 0.1) is 25.8 Å². The van der Waals surface area contributed by atoms with Gasteiger partial charge in [0.15, 0.2) is 5.82 Å². The first-order valence-electron chi connectivity index (χ1n) is 13.3. The number of hydrogen-bond donors (Lipinski definition) is 1. The van der Waals surface area contributed by atoms with Crippen molar-refractivity contribution in [1.82, 2.24) is 29.4 Å². The molecule has 1 aromatic carbocycles. The molecule has 12 nitrogen and oxygen atoms in total. The van der Waals surface area contributed by atoms with Crippen LogP contribution >= 0.6 is 0 Å². The van der Waals surface area contributed by atoms with Gasteiger partial charge in [-0.05, 0) is 45.7 Å². The number of nitrogens with zero attached hydrogens (tertiary/aromatic N) is 7. The zero-order valence-electron chi connectivity index (χ0n) is 23.1. The van der Waals surface area contributed by atoms with E-state index in [-0.39, 0.29) is 29.5 Å². The highest BCUT2D eigenvalue weighted by Gasteiger charge is 2.29. The van der Waals surface area contributed by atoms with Crippen LogP contribution in [0, 0.1) is 0 Å². The van der Waals surface area contributed by atoms with Crippen LogP contribution in [0.4, 0.5) is 25.5 Å². The minimum atomic E-state index is -2.88. The molecule has 216 valence electrons. The number of aromatic nitrogens is 5. The maximum Gasteiger partial charge on any atom is 0.410 e. The van der Waals surface area contributed by atoms with Crippen LogP contribution in [0.2, 0.25) is 0 Å². The van der Waals surface area contributed by atoms with Crippen molar-refractivity contribution in [1.29, 1.82) is 0 Å². The molecule has 4 heterocycles. The smallest absolute Gasteiger partial charge is 0.410 e. The van der Waals surface area contributed by atoms with Gasteiger partial charge in [-0.25, -0.2) is 18.6 Å². The number of hydrogen-bond acceptors (Lipinski definition) is 10. The van der Waals surface area contributed by atoms with Crippen molar-refractivity contribution in [3.63, 3.8) is 0 Å². The van der Waals surface area contributed by atoms with E-state index in [0.717, 1.165) is 0 Å². The highest BCUT2D eigenvalue weighted by molar-refractivity contribution is 5.84. The third-order valence-corrected chi connectivity index (χ3v) is 6.67. The topological polar surface area (TPSA) is 120 Å². The molecule has 2 saturated heterocycles. The summed E-state index contributed by atoms with van der Waals surface area (Å²) in [5.41, 5.74) is 0.116. The van der Waals surface area contributed by atoms with Crippen LogP contribution in [0.15, 0.2) is 18.2 Å². The quantitative estimate of drug-likeness (QED) is 0.477. The first kappa shape index (κ1) is 27.7. The second-order valence-corrected chi connectivity index (χ2v) is 10.7. The van der Waals surface area contributed by atoms with Crippen LogP contribution in [0.3, 0.4) is 0 Å². The number of alkyl halides is 2. The summed E-state index contributed by atoms with van der Waals surface area (Å²) < 4.78 is 46.1. The number of morpholine rings is 1. The van der Waals surface area contributed by atoms with Crippen LogP contribution in [0.1, 0.15) is 45.9 Å². The molecule has 0 aliphatic carbocycles. The number of fused-ring (bicyclic) bond motifs is 1. The molecular weight excluding hydrogens is 526 g/mol. The molecule has 2 aromatic heterocycles. The third kappa shape index (κ3) is 6.01. The van der Waals surface area contributed by atoms with Crippen molar-refractivity contribution in [2.75, 3.05) is 56.7 Å². The second-order valence-electron chi connectivity index (χ2n) is 10.7. The largest absolute Gasteiger partial charge is 0.494 e. The number of imidazole rings is 1. The van der Waals surface area contributed by atoms with E-state index >= 15 is 0 Å². The fourth-order valence-electron chi connectivity index (χ4n) is 4.75. The lowest BCUT2D eigenvalue weighted by Gasteiger charge is -2.34. The zero-order chi connectivity index (χ0) is 28.4. The van der Waals surface area contributed by atoms with E-state index in [1.54, 1.807) is 23.1 Å². The fraction of sp³-hybridized carbons (Fsp3) is 0.577. The summed E-state index contributed by atoms with van der Waals surface area (Å²) in [6.07, 6.45) is -1.94. The molecule has 2 aliphatic heterocycles. The Bertz CT molecular complexity index is 1350. The van der Waals surface area contributed by atoms with Gasteiger partial charge in [-0.2, -0.15) is 15.0 Å². The van der Waals surface area contributed by atoms with Gasteiger partial charge in [0, 0.05) is 32.2 Å². The molecule has 0 unspecified atom stereocenters. The summed E-state index contributed by atoms with van der Waals surface area (Å²) >= 11 is 0. The minimum Gasteiger partial charge on any atom is -0.494 e. The second kappa shape index (κ2) is 11.4. The lowest BCUT2D eigenvalue weighted by molar-refractivity contribution is 0.0210. The van der Waals surface area contributed by atoms with Crippen molar-refractivity contribution >= 4 is 29.0 Å². The lowest BCUT2D eigenvalue weighted by atomic mass is 10.1. The van der Waals surface area contributed by atoms with Gasteiger partial charge in [0.2, 0.25) is 17.8 Å². The van der Waals surface area contributed by atoms with Gasteiger partial charge < -0.3 is 29.3 Å². The molecule has 40 heavy (non-hydrogen) atoms. The molecule has 2 aliphatic rings. The number of rotatable bonds is 6. The van der Waals surface area contributed by atoms with Crippen molar-refractivity contribution in [2.24, 2.45) is 0 Å². The Hall–Kier alpha value is -3.81. The molecule has 2 fully saturated rings. The van der Waals surface area contributed by atoms with E-state index in [1.165, 1.54) is 11.7 Å². The summed E-state index contributed by atoms with van der Waals surface area (Å²) in [6.45, 7) is 8.62. The van der Waals surface area contributed by atoms with Crippen molar-refractivity contribution in [3.8, 4) is 11.7 Å². The van der Waals surface area contributed by atoms with Crippen molar-refractivity contribution < 1.29 is 27.8 Å². The van der Waals surface area contributed by atoms with Crippen molar-refractivity contribution in [2.45, 2.75) is 51.7 Å². The molecule has 1 N–H and O–H groups in total. The predicted octanol–water partition coefficient (Wildman–Crippen LogP) is 3.80. The summed E-state index contributed by atoms with van der Waals surface area (Å²) in [5.74, 6) is 0.515. The number of benzene rings is 1. The van der Waals surface area contributed by atoms with E-state index in [1.807, 2.05) is 25.7 Å². The standard InChI is InChI=1S/C26H34F2N8O4/c1-26(2,3)40-25(37)35-10-8-16(9-11-35)29-22-31-23(34-12-14-39-15-13-34)33-24(32-22)36-17-6-5-7-18(38-4)19(17)30-21(36)20(27)28/h5-7,16,20H,8-15H2,1-4H3,(H,29,31,32,33). The van der Waals surface area contributed by atoms with Gasteiger partial charge in [-0.3, -0.25) is 4.57 Å². The molecule has 14 heteroatoms. The van der Waals surface area contributed by atoms with Gasteiger partial charge in [-0.15, -0.1) is 0 Å². The molecule has 3 aromatic rings. The summed E-state index contributed by atoms with van der Waals surface area (Å²) in [6, 6.07) is 5.00. The number of halogens is 2. The number of anilines is 2. The maximum atomic E-state index is 14.2. The first-order valence-corrected chi connectivity index (χ1v) is 13.3. The third-order valence-electron chi connectivity index (χ3n) is 6.67. The minimum absolute atomic E-state index is 0.0243. The lowest BCUT2D eigenvalue weighted by Crippen LogP contribution is -2.44. The molecule has 0 saturated carbocycles. The van der Waals surface area contributed by atoms with Crippen LogP contribution in [-0.2, 0) is 9.47 Å². The Balaban J connectivity index is 1.47. The summed E-state index contributed by atoms with van der Waals surface area (Å²) in [4.78, 5) is 34.1.